The summed E-state index contributed by atoms with van der Waals surface area (Å²) >= 11 is 0. The first kappa shape index (κ1) is 19.7. The first-order valence-electron chi connectivity index (χ1n) is 10.6. The minimum Gasteiger partial charge on any atom is -0.496 e. The third-order valence-corrected chi connectivity index (χ3v) is 6.90. The number of unbranched alkanes of at least 4 members (excludes halogenated alkanes) is 2. The number of hydrogen-bond acceptors (Lipinski definition) is 3. The van der Waals surface area contributed by atoms with Crippen molar-refractivity contribution in [3.8, 4) is 5.75 Å². The Kier molecular flexibility index (Phi) is 6.63. The van der Waals surface area contributed by atoms with Crippen molar-refractivity contribution in [1.29, 1.82) is 0 Å². The van der Waals surface area contributed by atoms with E-state index < -0.39 is 0 Å². The second-order valence-corrected chi connectivity index (χ2v) is 8.67. The number of aliphatic hydroxyl groups excluding tert-OH is 2. The van der Waals surface area contributed by atoms with Crippen LogP contribution < -0.4 is 4.74 Å². The molecule has 1 aromatic carbocycles. The molecule has 2 aliphatic rings. The van der Waals surface area contributed by atoms with Crippen molar-refractivity contribution in [2.24, 2.45) is 23.7 Å². The lowest BCUT2D eigenvalue weighted by Gasteiger charge is -2.35. The Morgan fingerprint density at radius 2 is 2.04 bits per heavy atom. The molecule has 146 valence electrons. The van der Waals surface area contributed by atoms with Crippen LogP contribution in [0.25, 0.3) is 0 Å². The molecule has 0 aliphatic heterocycles. The minimum absolute atomic E-state index is 0.223. The highest BCUT2D eigenvalue weighted by Crippen LogP contribution is 2.50. The minimum atomic E-state index is -0.233. The van der Waals surface area contributed by atoms with Crippen molar-refractivity contribution in [3.63, 3.8) is 0 Å². The van der Waals surface area contributed by atoms with Crippen molar-refractivity contribution >= 4 is 0 Å². The van der Waals surface area contributed by atoms with Crippen LogP contribution in [0.15, 0.2) is 18.2 Å². The number of methoxy groups -OCH3 is 1. The van der Waals surface area contributed by atoms with Crippen LogP contribution >= 0.6 is 0 Å². The van der Waals surface area contributed by atoms with Crippen LogP contribution in [-0.4, -0.2) is 29.5 Å². The smallest absolute Gasteiger partial charge is 0.122 e. The van der Waals surface area contributed by atoms with Gasteiger partial charge < -0.3 is 14.9 Å². The number of ether oxygens (including phenoxy) is 1. The Morgan fingerprint density at radius 3 is 2.77 bits per heavy atom. The molecule has 1 saturated carbocycles. The zero-order valence-electron chi connectivity index (χ0n) is 16.7. The summed E-state index contributed by atoms with van der Waals surface area (Å²) in [5.41, 5.74) is 2.73. The summed E-state index contributed by atoms with van der Waals surface area (Å²) in [6.07, 6.45) is 7.70. The van der Waals surface area contributed by atoms with Crippen LogP contribution in [0.1, 0.15) is 63.5 Å². The lowest BCUT2D eigenvalue weighted by atomic mass is 9.70. The predicted octanol–water partition coefficient (Wildman–Crippen LogP) is 4.37. The fourth-order valence-corrected chi connectivity index (χ4v) is 5.66. The van der Waals surface area contributed by atoms with Crippen molar-refractivity contribution in [2.45, 2.75) is 77.4 Å². The normalized spacial score (nSPS) is 29.7. The highest BCUT2D eigenvalue weighted by atomic mass is 16.5. The summed E-state index contributed by atoms with van der Waals surface area (Å²) in [5, 5.41) is 21.2. The lowest BCUT2D eigenvalue weighted by Crippen LogP contribution is -2.32. The third-order valence-electron chi connectivity index (χ3n) is 6.90. The van der Waals surface area contributed by atoms with E-state index in [4.69, 9.17) is 4.74 Å². The third kappa shape index (κ3) is 4.09. The number of rotatable bonds is 8. The maximum absolute atomic E-state index is 10.8. The van der Waals surface area contributed by atoms with Crippen LogP contribution in [0.2, 0.25) is 0 Å². The number of benzene rings is 1. The van der Waals surface area contributed by atoms with Gasteiger partial charge in [0.15, 0.2) is 0 Å². The average molecular weight is 361 g/mol. The molecule has 3 heteroatoms. The Labute approximate surface area is 158 Å². The summed E-state index contributed by atoms with van der Waals surface area (Å²) in [6, 6.07) is 6.36. The first-order chi connectivity index (χ1) is 12.5. The second-order valence-electron chi connectivity index (χ2n) is 8.67. The molecule has 3 nitrogen and oxygen atoms in total. The standard InChI is InChI=1S/C23H36O3/c1-4-5-6-9-18(24)11-15(2)23-20-12-16-8-7-10-22(26-3)19(16)13-17(20)14-21(23)25/h7-8,10,15,17-18,20-21,23-25H,4-6,9,11-14H2,1-3H3/t15-,17+,18+,20+,21-,23-/m1/s1. The summed E-state index contributed by atoms with van der Waals surface area (Å²) in [5.74, 6) is 2.74. The fraction of sp³-hybridized carbons (Fsp3) is 0.739. The van der Waals surface area contributed by atoms with Gasteiger partial charge in [-0.2, -0.15) is 0 Å². The van der Waals surface area contributed by atoms with Crippen LogP contribution in [0.5, 0.6) is 5.75 Å². The first-order valence-corrected chi connectivity index (χ1v) is 10.6. The van der Waals surface area contributed by atoms with E-state index in [9.17, 15) is 10.2 Å². The summed E-state index contributed by atoms with van der Waals surface area (Å²) in [6.45, 7) is 4.43. The van der Waals surface area contributed by atoms with Gasteiger partial charge in [-0.25, -0.2) is 0 Å². The molecule has 0 amide bonds. The van der Waals surface area contributed by atoms with Gasteiger partial charge >= 0.3 is 0 Å². The van der Waals surface area contributed by atoms with E-state index in [2.05, 4.69) is 32.0 Å². The van der Waals surface area contributed by atoms with E-state index in [1.54, 1.807) is 7.11 Å². The molecule has 2 N–H and O–H groups in total. The molecule has 0 unspecified atom stereocenters. The maximum atomic E-state index is 10.8. The molecule has 1 fully saturated rings. The highest BCUT2D eigenvalue weighted by molar-refractivity contribution is 5.43. The monoisotopic (exact) mass is 360 g/mol. The van der Waals surface area contributed by atoms with E-state index in [0.29, 0.717) is 23.7 Å². The molecular weight excluding hydrogens is 324 g/mol. The van der Waals surface area contributed by atoms with Gasteiger partial charge in [-0.3, -0.25) is 0 Å². The van der Waals surface area contributed by atoms with Crippen molar-refractivity contribution < 1.29 is 14.9 Å². The van der Waals surface area contributed by atoms with Crippen LogP contribution in [-0.2, 0) is 12.8 Å². The molecule has 2 aliphatic carbocycles. The highest BCUT2D eigenvalue weighted by Gasteiger charge is 2.47. The molecule has 26 heavy (non-hydrogen) atoms. The topological polar surface area (TPSA) is 49.7 Å². The van der Waals surface area contributed by atoms with Crippen LogP contribution in [0.4, 0.5) is 0 Å². The Balaban J connectivity index is 1.68. The molecule has 3 rings (SSSR count). The zero-order chi connectivity index (χ0) is 18.7. The summed E-state index contributed by atoms with van der Waals surface area (Å²) in [7, 11) is 1.75. The van der Waals surface area contributed by atoms with E-state index >= 15 is 0 Å². The summed E-state index contributed by atoms with van der Waals surface area (Å²) in [4.78, 5) is 0. The fourth-order valence-electron chi connectivity index (χ4n) is 5.66. The molecule has 0 bridgehead atoms. The average Bonchev–Trinajstić information content (AvgIpc) is 2.94. The lowest BCUT2D eigenvalue weighted by molar-refractivity contribution is 0.0508. The zero-order valence-corrected chi connectivity index (χ0v) is 16.7. The molecule has 0 saturated heterocycles. The number of fused-ring (bicyclic) bond motifs is 2. The molecule has 0 radical (unpaired) electrons. The van der Waals surface area contributed by atoms with E-state index in [0.717, 1.165) is 44.3 Å². The van der Waals surface area contributed by atoms with Crippen molar-refractivity contribution in [2.75, 3.05) is 7.11 Å². The molecule has 0 heterocycles. The van der Waals surface area contributed by atoms with Gasteiger partial charge in [0.25, 0.3) is 0 Å². The van der Waals surface area contributed by atoms with Gasteiger partial charge in [0.2, 0.25) is 0 Å². The van der Waals surface area contributed by atoms with Gasteiger partial charge in [-0.1, -0.05) is 45.2 Å². The quantitative estimate of drug-likeness (QED) is 0.677. The maximum Gasteiger partial charge on any atom is 0.122 e. The molecule has 1 aromatic rings. The van der Waals surface area contributed by atoms with Gasteiger partial charge in [-0.05, 0) is 73.0 Å². The van der Waals surface area contributed by atoms with Gasteiger partial charge in [0, 0.05) is 0 Å². The van der Waals surface area contributed by atoms with Crippen LogP contribution in [0, 0.1) is 23.7 Å². The number of hydrogen-bond donors (Lipinski definition) is 2. The van der Waals surface area contributed by atoms with Gasteiger partial charge in [-0.15, -0.1) is 0 Å². The van der Waals surface area contributed by atoms with Crippen LogP contribution in [0.3, 0.4) is 0 Å². The second kappa shape index (κ2) is 8.75. The Bertz CT molecular complexity index is 585. The van der Waals surface area contributed by atoms with Crippen molar-refractivity contribution in [1.82, 2.24) is 0 Å². The van der Waals surface area contributed by atoms with Crippen molar-refractivity contribution in [3.05, 3.63) is 29.3 Å². The Morgan fingerprint density at radius 1 is 1.23 bits per heavy atom. The molecule has 0 aromatic heterocycles. The molecule has 6 atom stereocenters. The van der Waals surface area contributed by atoms with E-state index in [-0.39, 0.29) is 12.2 Å². The van der Waals surface area contributed by atoms with Gasteiger partial charge in [0.1, 0.15) is 5.75 Å². The van der Waals surface area contributed by atoms with Gasteiger partial charge in [0.05, 0.1) is 19.3 Å². The van der Waals surface area contributed by atoms with E-state index in [1.165, 1.54) is 24.0 Å². The summed E-state index contributed by atoms with van der Waals surface area (Å²) < 4.78 is 5.57. The largest absolute Gasteiger partial charge is 0.496 e. The molecular formula is C23H36O3. The Hall–Kier alpha value is -1.06. The number of aliphatic hydroxyl groups is 2. The van der Waals surface area contributed by atoms with E-state index in [1.807, 2.05) is 0 Å². The predicted molar refractivity (Wildman–Crippen MR) is 105 cm³/mol. The SMILES string of the molecule is CCCCC[C@H](O)C[C@@H](C)[C@@H]1[C@H]2Cc3cccc(OC)c3C[C@H]2C[C@H]1O. The molecule has 0 spiro atoms.